The fraction of sp³-hybridized carbons (Fsp3) is 0.261. The first kappa shape index (κ1) is 19.7. The van der Waals surface area contributed by atoms with Gasteiger partial charge >= 0.3 is 11.9 Å². The van der Waals surface area contributed by atoms with E-state index in [1.165, 1.54) is 7.11 Å². The Hall–Kier alpha value is -3.61. The summed E-state index contributed by atoms with van der Waals surface area (Å²) in [5.41, 5.74) is 2.66. The smallest absolute Gasteiger partial charge is 0.343 e. The van der Waals surface area contributed by atoms with E-state index < -0.39 is 5.97 Å². The van der Waals surface area contributed by atoms with Crippen LogP contribution in [-0.2, 0) is 14.3 Å². The van der Waals surface area contributed by atoms with E-state index in [0.717, 1.165) is 11.1 Å². The molecule has 0 fully saturated rings. The predicted octanol–water partition coefficient (Wildman–Crippen LogP) is 3.55. The maximum Gasteiger partial charge on any atom is 0.343 e. The lowest BCUT2D eigenvalue weighted by Gasteiger charge is -2.26. The molecule has 2 aliphatic heterocycles. The summed E-state index contributed by atoms with van der Waals surface area (Å²) in [5, 5.41) is 0. The lowest BCUT2D eigenvalue weighted by molar-refractivity contribution is -0.143. The van der Waals surface area contributed by atoms with Gasteiger partial charge in [-0.05, 0) is 49.2 Å². The number of benzene rings is 2. The zero-order chi connectivity index (χ0) is 21.4. The lowest BCUT2D eigenvalue weighted by atomic mass is 9.84. The molecule has 0 bridgehead atoms. The summed E-state index contributed by atoms with van der Waals surface area (Å²) < 4.78 is 21.4. The molecular formula is C23H20O7. The van der Waals surface area contributed by atoms with Gasteiger partial charge in [0.15, 0.2) is 12.4 Å². The minimum absolute atomic E-state index is 0.0889. The highest BCUT2D eigenvalue weighted by Crippen LogP contribution is 2.49. The van der Waals surface area contributed by atoms with Crippen LogP contribution >= 0.6 is 0 Å². The largest absolute Gasteiger partial charge is 0.482 e. The summed E-state index contributed by atoms with van der Waals surface area (Å²) >= 11 is 0. The van der Waals surface area contributed by atoms with Gasteiger partial charge in [0, 0.05) is 11.5 Å². The molecule has 0 spiro atoms. The minimum atomic E-state index is -0.494. The molecule has 4 rings (SSSR count). The normalized spacial score (nSPS) is 16.9. The Morgan fingerprint density at radius 1 is 1.13 bits per heavy atom. The Labute approximate surface area is 173 Å². The number of ether oxygens (including phenoxy) is 4. The van der Waals surface area contributed by atoms with Gasteiger partial charge in [-0.3, -0.25) is 9.59 Å². The molecule has 2 heterocycles. The Balaban J connectivity index is 1.77. The Bertz CT molecular complexity index is 1090. The molecule has 30 heavy (non-hydrogen) atoms. The van der Waals surface area contributed by atoms with Crippen LogP contribution in [0.2, 0.25) is 0 Å². The monoisotopic (exact) mass is 408 g/mol. The second-order valence-corrected chi connectivity index (χ2v) is 7.28. The maximum absolute atomic E-state index is 12.7. The van der Waals surface area contributed by atoms with Gasteiger partial charge in [0.1, 0.15) is 17.2 Å². The van der Waals surface area contributed by atoms with E-state index in [4.69, 9.17) is 14.2 Å². The van der Waals surface area contributed by atoms with Crippen LogP contribution in [0.1, 0.15) is 47.7 Å². The van der Waals surface area contributed by atoms with Crippen molar-refractivity contribution in [3.05, 3.63) is 64.4 Å². The van der Waals surface area contributed by atoms with Crippen molar-refractivity contribution in [3.8, 4) is 17.2 Å². The molecule has 0 saturated carbocycles. The third-order valence-corrected chi connectivity index (χ3v) is 5.05. The first-order valence-corrected chi connectivity index (χ1v) is 9.46. The number of hydrogen-bond donors (Lipinski definition) is 0. The maximum atomic E-state index is 12.7. The number of Topliss-reactive ketones (excluding diaryl/α,β-unsaturated/α-hetero) is 1. The Morgan fingerprint density at radius 2 is 1.93 bits per heavy atom. The highest BCUT2D eigenvalue weighted by Gasteiger charge is 2.38. The van der Waals surface area contributed by atoms with Gasteiger partial charge in [-0.1, -0.05) is 12.1 Å². The van der Waals surface area contributed by atoms with Crippen LogP contribution in [0.5, 0.6) is 17.2 Å². The van der Waals surface area contributed by atoms with Crippen LogP contribution in [0.3, 0.4) is 0 Å². The Morgan fingerprint density at radius 3 is 2.67 bits per heavy atom. The fourth-order valence-corrected chi connectivity index (χ4v) is 3.63. The second kappa shape index (κ2) is 7.67. The van der Waals surface area contributed by atoms with E-state index in [0.29, 0.717) is 34.1 Å². The van der Waals surface area contributed by atoms with Gasteiger partial charge in [-0.15, -0.1) is 0 Å². The molecular weight excluding hydrogens is 388 g/mol. The molecule has 0 amide bonds. The van der Waals surface area contributed by atoms with Crippen LogP contribution in [-0.4, -0.2) is 31.4 Å². The van der Waals surface area contributed by atoms with Crippen LogP contribution in [0.15, 0.2) is 47.7 Å². The standard InChI is InChI=1S/C23H20O7/c1-12(2)22-21(26)15-7-8-17-20(23(15)30-22)16(10-18(24)29-17)13-5-4-6-14(9-13)28-11-19(25)27-3/h4-9,16H,10-11H2,1-3H3/t16-/m0/s1. The number of carbonyl (C=O) groups is 3. The molecule has 7 nitrogen and oxygen atoms in total. The van der Waals surface area contributed by atoms with Gasteiger partial charge in [0.25, 0.3) is 0 Å². The van der Waals surface area contributed by atoms with Crippen molar-refractivity contribution in [2.45, 2.75) is 26.2 Å². The first-order chi connectivity index (χ1) is 14.4. The quantitative estimate of drug-likeness (QED) is 0.434. The zero-order valence-corrected chi connectivity index (χ0v) is 16.8. The summed E-state index contributed by atoms with van der Waals surface area (Å²) in [6.45, 7) is 3.40. The van der Waals surface area contributed by atoms with E-state index in [1.54, 1.807) is 30.3 Å². The van der Waals surface area contributed by atoms with Crippen molar-refractivity contribution < 1.29 is 33.3 Å². The third kappa shape index (κ3) is 3.43. The van der Waals surface area contributed by atoms with Crippen molar-refractivity contribution in [2.24, 2.45) is 0 Å². The molecule has 0 saturated heterocycles. The molecule has 2 aromatic carbocycles. The number of allylic oxidation sites excluding steroid dienone is 2. The van der Waals surface area contributed by atoms with Gasteiger partial charge < -0.3 is 18.9 Å². The van der Waals surface area contributed by atoms with Crippen LogP contribution < -0.4 is 14.2 Å². The molecule has 0 radical (unpaired) electrons. The van der Waals surface area contributed by atoms with Crippen molar-refractivity contribution in [1.29, 1.82) is 0 Å². The van der Waals surface area contributed by atoms with Crippen molar-refractivity contribution >= 4 is 17.7 Å². The molecule has 0 aliphatic carbocycles. The number of carbonyl (C=O) groups excluding carboxylic acids is 3. The number of methoxy groups -OCH3 is 1. The van der Waals surface area contributed by atoms with Gasteiger partial charge in [-0.2, -0.15) is 0 Å². The van der Waals surface area contributed by atoms with Gasteiger partial charge in [0.2, 0.25) is 5.78 Å². The van der Waals surface area contributed by atoms with Crippen molar-refractivity contribution in [1.82, 2.24) is 0 Å². The summed E-state index contributed by atoms with van der Waals surface area (Å²) in [7, 11) is 1.29. The van der Waals surface area contributed by atoms with E-state index in [-0.39, 0.29) is 30.7 Å². The van der Waals surface area contributed by atoms with E-state index in [2.05, 4.69) is 4.74 Å². The third-order valence-electron chi connectivity index (χ3n) is 5.05. The number of fused-ring (bicyclic) bond motifs is 3. The molecule has 2 aliphatic rings. The molecule has 0 unspecified atom stereocenters. The SMILES string of the molecule is COC(=O)COc1cccc([C@@H]2CC(=O)Oc3ccc4c(c32)OC(=C(C)C)C4=O)c1. The van der Waals surface area contributed by atoms with Crippen LogP contribution in [0.25, 0.3) is 0 Å². The van der Waals surface area contributed by atoms with E-state index in [9.17, 15) is 14.4 Å². The minimum Gasteiger partial charge on any atom is -0.482 e. The molecule has 0 N–H and O–H groups in total. The molecule has 2 aromatic rings. The van der Waals surface area contributed by atoms with Gasteiger partial charge in [0.05, 0.1) is 19.1 Å². The molecule has 7 heteroatoms. The molecule has 0 aromatic heterocycles. The Kier molecular flexibility index (Phi) is 5.03. The highest BCUT2D eigenvalue weighted by molar-refractivity contribution is 6.13. The highest BCUT2D eigenvalue weighted by atomic mass is 16.6. The first-order valence-electron chi connectivity index (χ1n) is 9.46. The van der Waals surface area contributed by atoms with Crippen molar-refractivity contribution in [3.63, 3.8) is 0 Å². The van der Waals surface area contributed by atoms with Gasteiger partial charge in [-0.25, -0.2) is 4.79 Å². The molecule has 1 atom stereocenters. The lowest BCUT2D eigenvalue weighted by Crippen LogP contribution is -2.21. The average Bonchev–Trinajstić information content (AvgIpc) is 3.08. The topological polar surface area (TPSA) is 88.1 Å². The number of ketones is 1. The number of rotatable bonds is 4. The number of esters is 2. The second-order valence-electron chi connectivity index (χ2n) is 7.28. The van der Waals surface area contributed by atoms with Crippen LogP contribution in [0.4, 0.5) is 0 Å². The molecule has 154 valence electrons. The fourth-order valence-electron chi connectivity index (χ4n) is 3.63. The predicted molar refractivity (Wildman–Crippen MR) is 106 cm³/mol. The average molecular weight is 408 g/mol. The summed E-state index contributed by atoms with van der Waals surface area (Å²) in [4.78, 5) is 36.3. The summed E-state index contributed by atoms with van der Waals surface area (Å²) in [5.74, 6) is 0.120. The summed E-state index contributed by atoms with van der Waals surface area (Å²) in [6, 6.07) is 10.4. The zero-order valence-electron chi connectivity index (χ0n) is 16.8. The number of hydrogen-bond acceptors (Lipinski definition) is 7. The van der Waals surface area contributed by atoms with E-state index in [1.807, 2.05) is 19.9 Å². The summed E-state index contributed by atoms with van der Waals surface area (Å²) in [6.07, 6.45) is 0.0889. The van der Waals surface area contributed by atoms with Crippen molar-refractivity contribution in [2.75, 3.05) is 13.7 Å². The van der Waals surface area contributed by atoms with Crippen LogP contribution in [0, 0.1) is 0 Å². The van der Waals surface area contributed by atoms with E-state index >= 15 is 0 Å².